The van der Waals surface area contributed by atoms with Gasteiger partial charge < -0.3 is 15.4 Å². The number of nitrogens with one attached hydrogen (secondary N) is 1. The van der Waals surface area contributed by atoms with Crippen molar-refractivity contribution in [3.63, 3.8) is 0 Å². The van der Waals surface area contributed by atoms with E-state index < -0.39 is 34.9 Å². The fourth-order valence-electron chi connectivity index (χ4n) is 5.64. The van der Waals surface area contributed by atoms with Crippen LogP contribution in [0.25, 0.3) is 10.9 Å². The number of carbonyl (C=O) groups excluding carboxylic acids is 1. The lowest BCUT2D eigenvalue weighted by Gasteiger charge is -2.40. The number of piperidine rings is 1. The van der Waals surface area contributed by atoms with Gasteiger partial charge in [-0.2, -0.15) is 0 Å². The summed E-state index contributed by atoms with van der Waals surface area (Å²) in [6, 6.07) is 6.73. The van der Waals surface area contributed by atoms with Gasteiger partial charge in [-0.15, -0.1) is 0 Å². The van der Waals surface area contributed by atoms with Crippen molar-refractivity contribution in [2.45, 2.75) is 51.2 Å². The number of rotatable bonds is 11. The number of halogens is 4. The molecule has 1 aromatic heterocycles. The molecule has 1 saturated heterocycles. The van der Waals surface area contributed by atoms with Gasteiger partial charge >= 0.3 is 0 Å². The van der Waals surface area contributed by atoms with Crippen molar-refractivity contribution >= 4 is 16.8 Å². The number of methoxy groups -OCH3 is 1. The van der Waals surface area contributed by atoms with Crippen molar-refractivity contribution in [2.24, 2.45) is 11.1 Å². The molecule has 1 unspecified atom stereocenters. The van der Waals surface area contributed by atoms with Gasteiger partial charge in [0, 0.05) is 29.8 Å². The second-order valence-electron chi connectivity index (χ2n) is 10.3. The van der Waals surface area contributed by atoms with E-state index in [1.165, 1.54) is 7.11 Å². The summed E-state index contributed by atoms with van der Waals surface area (Å²) in [6.07, 6.45) is 1.74. The monoisotopic (exact) mass is 562 g/mol. The van der Waals surface area contributed by atoms with E-state index in [0.29, 0.717) is 72.7 Å². The molecule has 2 aromatic carbocycles. The third kappa shape index (κ3) is 6.37. The van der Waals surface area contributed by atoms with E-state index in [2.05, 4.69) is 9.88 Å². The standard InChI is InChI=1S/C29H34F4N4O3/c1-40-21-4-5-25-22(15-21)26(19(16-34)17-35-25)23(31)6-7-29(28(38)36-39)8-11-37(12-9-29)10-2-3-18-13-20(30)14-24(32)27(18)33/h4-5,13-15,17,23,39H,2-3,6-12,16,34H2,1H3,(H,36,38). The number of alkyl halides is 1. The molecule has 1 atom stereocenters. The van der Waals surface area contributed by atoms with Gasteiger partial charge in [0.05, 0.1) is 18.0 Å². The molecule has 1 aliphatic heterocycles. The second kappa shape index (κ2) is 12.9. The zero-order valence-electron chi connectivity index (χ0n) is 22.4. The number of aromatic nitrogens is 1. The summed E-state index contributed by atoms with van der Waals surface area (Å²) >= 11 is 0. The number of nitrogens with zero attached hydrogens (tertiary/aromatic N) is 2. The van der Waals surface area contributed by atoms with Crippen LogP contribution in [0.2, 0.25) is 0 Å². The molecule has 0 saturated carbocycles. The quantitative estimate of drug-likeness (QED) is 0.130. The number of likely N-dealkylation sites (tertiary alicyclic amines) is 1. The van der Waals surface area contributed by atoms with Crippen LogP contribution in [0.1, 0.15) is 55.0 Å². The predicted molar refractivity (Wildman–Crippen MR) is 142 cm³/mol. The van der Waals surface area contributed by atoms with Crippen LogP contribution < -0.4 is 16.0 Å². The fraction of sp³-hybridized carbons (Fsp3) is 0.448. The first-order chi connectivity index (χ1) is 19.2. The zero-order chi connectivity index (χ0) is 28.9. The van der Waals surface area contributed by atoms with Crippen LogP contribution in [0.4, 0.5) is 17.6 Å². The second-order valence-corrected chi connectivity index (χ2v) is 10.3. The Morgan fingerprint density at radius 2 is 1.95 bits per heavy atom. The van der Waals surface area contributed by atoms with E-state index in [0.717, 1.165) is 6.07 Å². The zero-order valence-corrected chi connectivity index (χ0v) is 22.4. The molecule has 40 heavy (non-hydrogen) atoms. The van der Waals surface area contributed by atoms with Crippen LogP contribution >= 0.6 is 0 Å². The molecule has 4 rings (SSSR count). The molecule has 0 bridgehead atoms. The van der Waals surface area contributed by atoms with Gasteiger partial charge in [-0.3, -0.25) is 15.0 Å². The number of hydrogen-bond donors (Lipinski definition) is 3. The topological polar surface area (TPSA) is 101 Å². The highest BCUT2D eigenvalue weighted by atomic mass is 19.2. The van der Waals surface area contributed by atoms with Gasteiger partial charge in [-0.05, 0) is 93.6 Å². The SMILES string of the molecule is COc1ccc2ncc(CN)c(C(F)CCC3(C(=O)NO)CCN(CCCc4cc(F)cc(F)c4F)CC3)c2c1. The number of nitrogens with two attached hydrogens (primary N) is 1. The Bertz CT molecular complexity index is 1340. The lowest BCUT2D eigenvalue weighted by Crippen LogP contribution is -2.48. The maximum Gasteiger partial charge on any atom is 0.249 e. The normalized spacial score (nSPS) is 16.2. The van der Waals surface area contributed by atoms with Crippen LogP contribution in [0, 0.1) is 22.9 Å². The number of fused-ring (bicyclic) bond motifs is 1. The van der Waals surface area contributed by atoms with Crippen molar-refractivity contribution < 1.29 is 32.3 Å². The number of pyridine rings is 1. The molecular formula is C29H34F4N4O3. The molecule has 1 fully saturated rings. The molecule has 4 N–H and O–H groups in total. The third-order valence-electron chi connectivity index (χ3n) is 7.99. The summed E-state index contributed by atoms with van der Waals surface area (Å²) in [5.74, 6) is -3.08. The Morgan fingerprint density at radius 3 is 2.62 bits per heavy atom. The van der Waals surface area contributed by atoms with E-state index in [1.54, 1.807) is 29.9 Å². The van der Waals surface area contributed by atoms with Crippen LogP contribution in [0.15, 0.2) is 36.5 Å². The molecule has 216 valence electrons. The van der Waals surface area contributed by atoms with E-state index >= 15 is 4.39 Å². The average Bonchev–Trinajstić information content (AvgIpc) is 2.97. The molecular weight excluding hydrogens is 528 g/mol. The molecule has 3 aromatic rings. The minimum atomic E-state index is -1.43. The minimum Gasteiger partial charge on any atom is -0.497 e. The smallest absolute Gasteiger partial charge is 0.249 e. The molecule has 0 spiro atoms. The fourth-order valence-corrected chi connectivity index (χ4v) is 5.64. The molecule has 1 aliphatic rings. The van der Waals surface area contributed by atoms with Crippen molar-refractivity contribution in [3.05, 3.63) is 70.7 Å². The molecule has 0 radical (unpaired) electrons. The highest BCUT2D eigenvalue weighted by molar-refractivity contribution is 5.85. The number of ether oxygens (including phenoxy) is 1. The highest BCUT2D eigenvalue weighted by Gasteiger charge is 2.41. The molecule has 7 nitrogen and oxygen atoms in total. The molecule has 0 aliphatic carbocycles. The Labute approximate surface area is 230 Å². The molecule has 1 amide bonds. The number of hydroxylamine groups is 1. The van der Waals surface area contributed by atoms with Crippen molar-refractivity contribution in [2.75, 3.05) is 26.7 Å². The van der Waals surface area contributed by atoms with Crippen LogP contribution in [0.5, 0.6) is 5.75 Å². The van der Waals surface area contributed by atoms with Crippen LogP contribution in [-0.4, -0.2) is 47.7 Å². The lowest BCUT2D eigenvalue weighted by molar-refractivity contribution is -0.143. The summed E-state index contributed by atoms with van der Waals surface area (Å²) in [6.45, 7) is 1.62. The first kappa shape index (κ1) is 29.7. The Hall–Kier alpha value is -3.28. The largest absolute Gasteiger partial charge is 0.497 e. The van der Waals surface area contributed by atoms with E-state index in [1.807, 2.05) is 0 Å². The number of amides is 1. The van der Waals surface area contributed by atoms with Crippen LogP contribution in [-0.2, 0) is 17.8 Å². The van der Waals surface area contributed by atoms with Gasteiger partial charge in [0.25, 0.3) is 0 Å². The molecule has 2 heterocycles. The first-order valence-electron chi connectivity index (χ1n) is 13.3. The molecule has 11 heteroatoms. The Kier molecular flexibility index (Phi) is 9.60. The first-order valence-corrected chi connectivity index (χ1v) is 13.3. The maximum atomic E-state index is 15.9. The van der Waals surface area contributed by atoms with Gasteiger partial charge in [0.1, 0.15) is 17.7 Å². The van der Waals surface area contributed by atoms with Gasteiger partial charge in [0.15, 0.2) is 11.6 Å². The van der Waals surface area contributed by atoms with Crippen molar-refractivity contribution in [1.82, 2.24) is 15.4 Å². The number of aryl methyl sites for hydroxylation is 1. The highest BCUT2D eigenvalue weighted by Crippen LogP contribution is 2.41. The Balaban J connectivity index is 1.42. The lowest BCUT2D eigenvalue weighted by atomic mass is 9.73. The Morgan fingerprint density at radius 1 is 1.20 bits per heavy atom. The number of carbonyl (C=O) groups is 1. The number of hydrogen-bond acceptors (Lipinski definition) is 6. The van der Waals surface area contributed by atoms with E-state index in [4.69, 9.17) is 10.5 Å². The van der Waals surface area contributed by atoms with E-state index in [-0.39, 0.29) is 31.4 Å². The summed E-state index contributed by atoms with van der Waals surface area (Å²) in [5.41, 5.74) is 8.26. The van der Waals surface area contributed by atoms with Gasteiger partial charge in [0.2, 0.25) is 5.91 Å². The third-order valence-corrected chi connectivity index (χ3v) is 7.99. The van der Waals surface area contributed by atoms with Crippen molar-refractivity contribution in [1.29, 1.82) is 0 Å². The summed E-state index contributed by atoms with van der Waals surface area (Å²) in [4.78, 5) is 19.2. The average molecular weight is 563 g/mol. The van der Waals surface area contributed by atoms with Gasteiger partial charge in [-0.25, -0.2) is 23.0 Å². The number of benzene rings is 2. The van der Waals surface area contributed by atoms with Crippen molar-refractivity contribution in [3.8, 4) is 5.75 Å². The predicted octanol–water partition coefficient (Wildman–Crippen LogP) is 5.13. The van der Waals surface area contributed by atoms with Crippen LogP contribution in [0.3, 0.4) is 0 Å². The summed E-state index contributed by atoms with van der Waals surface area (Å²) in [7, 11) is 1.52. The van der Waals surface area contributed by atoms with Gasteiger partial charge in [-0.1, -0.05) is 0 Å². The maximum absolute atomic E-state index is 15.9. The summed E-state index contributed by atoms with van der Waals surface area (Å²) in [5, 5.41) is 10.1. The van der Waals surface area contributed by atoms with E-state index in [9.17, 15) is 23.2 Å². The summed E-state index contributed by atoms with van der Waals surface area (Å²) < 4.78 is 62.1. The minimum absolute atomic E-state index is 0.0180.